The SMILES string of the molecule is CC(C(=O)O)=C(C)C(=O)Nc1ccc([N+](=O)[O-])cc1C. The number of nitro benzene ring substituents is 1. The Balaban J connectivity index is 3.00. The molecule has 20 heavy (non-hydrogen) atoms. The maximum Gasteiger partial charge on any atom is 0.331 e. The molecule has 7 heteroatoms. The summed E-state index contributed by atoms with van der Waals surface area (Å²) in [5, 5.41) is 21.9. The van der Waals surface area contributed by atoms with Gasteiger partial charge in [0.05, 0.1) is 4.92 Å². The number of hydrogen-bond acceptors (Lipinski definition) is 4. The van der Waals surface area contributed by atoms with Crippen LogP contribution in [0.1, 0.15) is 19.4 Å². The number of aliphatic carboxylic acids is 1. The summed E-state index contributed by atoms with van der Waals surface area (Å²) in [6.07, 6.45) is 0. The van der Waals surface area contributed by atoms with Gasteiger partial charge in [0.15, 0.2) is 0 Å². The second-order valence-corrected chi connectivity index (χ2v) is 4.27. The standard InChI is InChI=1S/C13H14N2O5/c1-7-6-10(15(19)20)4-5-11(7)14-12(16)8(2)9(3)13(17)18/h4-6H,1-3H3,(H,14,16)(H,17,18). The number of nitrogens with one attached hydrogen (secondary N) is 1. The average molecular weight is 278 g/mol. The third kappa shape index (κ3) is 3.41. The Morgan fingerprint density at radius 3 is 2.30 bits per heavy atom. The van der Waals surface area contributed by atoms with Crippen molar-refractivity contribution in [2.75, 3.05) is 5.32 Å². The first-order valence-corrected chi connectivity index (χ1v) is 5.71. The maximum atomic E-state index is 11.9. The van der Waals surface area contributed by atoms with Crippen molar-refractivity contribution in [3.05, 3.63) is 45.0 Å². The first-order chi connectivity index (χ1) is 9.23. The topological polar surface area (TPSA) is 110 Å². The molecule has 1 aromatic rings. The number of carbonyl (C=O) groups is 2. The van der Waals surface area contributed by atoms with E-state index in [2.05, 4.69) is 5.32 Å². The highest BCUT2D eigenvalue weighted by molar-refractivity contribution is 6.08. The fourth-order valence-corrected chi connectivity index (χ4v) is 1.45. The van der Waals surface area contributed by atoms with Crippen LogP contribution in [0, 0.1) is 17.0 Å². The van der Waals surface area contributed by atoms with Gasteiger partial charge in [0.25, 0.3) is 11.6 Å². The molecule has 0 saturated carbocycles. The molecule has 1 amide bonds. The van der Waals surface area contributed by atoms with Crippen molar-refractivity contribution in [3.8, 4) is 0 Å². The number of benzene rings is 1. The van der Waals surface area contributed by atoms with Gasteiger partial charge in [-0.05, 0) is 32.4 Å². The van der Waals surface area contributed by atoms with Crippen LogP contribution in [0.25, 0.3) is 0 Å². The van der Waals surface area contributed by atoms with Crippen LogP contribution in [-0.4, -0.2) is 21.9 Å². The van der Waals surface area contributed by atoms with Gasteiger partial charge in [0.1, 0.15) is 0 Å². The predicted molar refractivity (Wildman–Crippen MR) is 72.5 cm³/mol. The number of anilines is 1. The molecule has 0 heterocycles. The number of nitrogens with zero attached hydrogens (tertiary/aromatic N) is 1. The fourth-order valence-electron chi connectivity index (χ4n) is 1.45. The number of carboxylic acids is 1. The Morgan fingerprint density at radius 2 is 1.85 bits per heavy atom. The summed E-state index contributed by atoms with van der Waals surface area (Å²) >= 11 is 0. The zero-order valence-electron chi connectivity index (χ0n) is 11.3. The number of nitro groups is 1. The highest BCUT2D eigenvalue weighted by Gasteiger charge is 2.15. The van der Waals surface area contributed by atoms with Crippen molar-refractivity contribution in [1.82, 2.24) is 0 Å². The molecule has 1 rings (SSSR count). The number of carboxylic acid groups (broad SMARTS) is 1. The van der Waals surface area contributed by atoms with Crippen LogP contribution in [-0.2, 0) is 9.59 Å². The van der Waals surface area contributed by atoms with Crippen molar-refractivity contribution in [2.45, 2.75) is 20.8 Å². The summed E-state index contributed by atoms with van der Waals surface area (Å²) in [7, 11) is 0. The molecule has 0 radical (unpaired) electrons. The van der Waals surface area contributed by atoms with Crippen LogP contribution < -0.4 is 5.32 Å². The third-order valence-electron chi connectivity index (χ3n) is 2.89. The summed E-state index contributed by atoms with van der Waals surface area (Å²) in [6.45, 7) is 4.35. The zero-order chi connectivity index (χ0) is 15.4. The highest BCUT2D eigenvalue weighted by Crippen LogP contribution is 2.21. The van der Waals surface area contributed by atoms with Crippen molar-refractivity contribution >= 4 is 23.3 Å². The first kappa shape index (κ1) is 15.4. The van der Waals surface area contributed by atoms with Gasteiger partial charge in [0, 0.05) is 29.0 Å². The Labute approximate surface area is 115 Å². The van der Waals surface area contributed by atoms with E-state index >= 15 is 0 Å². The lowest BCUT2D eigenvalue weighted by Crippen LogP contribution is -2.16. The Bertz CT molecular complexity index is 619. The largest absolute Gasteiger partial charge is 0.478 e. The lowest BCUT2D eigenvalue weighted by Gasteiger charge is -2.09. The van der Waals surface area contributed by atoms with Gasteiger partial charge in [-0.2, -0.15) is 0 Å². The van der Waals surface area contributed by atoms with E-state index in [0.29, 0.717) is 11.3 Å². The molecule has 0 saturated heterocycles. The molecule has 0 spiro atoms. The number of aryl methyl sites for hydroxylation is 1. The van der Waals surface area contributed by atoms with Gasteiger partial charge in [-0.1, -0.05) is 0 Å². The minimum atomic E-state index is -1.17. The van der Waals surface area contributed by atoms with E-state index in [1.54, 1.807) is 6.92 Å². The molecule has 0 atom stereocenters. The Morgan fingerprint density at radius 1 is 1.25 bits per heavy atom. The van der Waals surface area contributed by atoms with Crippen LogP contribution in [0.5, 0.6) is 0 Å². The molecular formula is C13H14N2O5. The number of amides is 1. The van der Waals surface area contributed by atoms with Crippen LogP contribution in [0.3, 0.4) is 0 Å². The van der Waals surface area contributed by atoms with E-state index in [1.165, 1.54) is 32.0 Å². The lowest BCUT2D eigenvalue weighted by atomic mass is 10.1. The predicted octanol–water partition coefficient (Wildman–Crippen LogP) is 2.26. The van der Waals surface area contributed by atoms with Crippen LogP contribution in [0.15, 0.2) is 29.3 Å². The molecule has 0 aliphatic rings. The molecule has 0 aromatic heterocycles. The Hall–Kier alpha value is -2.70. The van der Waals surface area contributed by atoms with Crippen molar-refractivity contribution in [3.63, 3.8) is 0 Å². The Kier molecular flexibility index (Phi) is 4.58. The van der Waals surface area contributed by atoms with Gasteiger partial charge in [-0.15, -0.1) is 0 Å². The molecule has 0 bridgehead atoms. The smallest absolute Gasteiger partial charge is 0.331 e. The maximum absolute atomic E-state index is 11.9. The van der Waals surface area contributed by atoms with E-state index in [0.717, 1.165) is 0 Å². The van der Waals surface area contributed by atoms with Gasteiger partial charge in [-0.25, -0.2) is 4.79 Å². The number of non-ortho nitro benzene ring substituents is 1. The fraction of sp³-hybridized carbons (Fsp3) is 0.231. The highest BCUT2D eigenvalue weighted by atomic mass is 16.6. The van der Waals surface area contributed by atoms with Crippen LogP contribution in [0.4, 0.5) is 11.4 Å². The third-order valence-corrected chi connectivity index (χ3v) is 2.89. The van der Waals surface area contributed by atoms with E-state index in [-0.39, 0.29) is 16.8 Å². The van der Waals surface area contributed by atoms with Crippen molar-refractivity contribution in [2.24, 2.45) is 0 Å². The quantitative estimate of drug-likeness (QED) is 0.498. The summed E-state index contributed by atoms with van der Waals surface area (Å²) in [6, 6.07) is 4.01. The molecular weight excluding hydrogens is 264 g/mol. The lowest BCUT2D eigenvalue weighted by molar-refractivity contribution is -0.384. The zero-order valence-corrected chi connectivity index (χ0v) is 11.3. The van der Waals surface area contributed by atoms with Crippen molar-refractivity contribution in [1.29, 1.82) is 0 Å². The average Bonchev–Trinajstić information content (AvgIpc) is 2.38. The van der Waals surface area contributed by atoms with Gasteiger partial charge in [0.2, 0.25) is 0 Å². The normalized spacial score (nSPS) is 11.6. The monoisotopic (exact) mass is 278 g/mol. The molecule has 2 N–H and O–H groups in total. The second kappa shape index (κ2) is 5.96. The molecule has 7 nitrogen and oxygen atoms in total. The van der Waals surface area contributed by atoms with E-state index in [4.69, 9.17) is 5.11 Å². The molecule has 0 unspecified atom stereocenters. The summed E-state index contributed by atoms with van der Waals surface area (Å²) in [5.41, 5.74) is 0.873. The van der Waals surface area contributed by atoms with E-state index in [1.807, 2.05) is 0 Å². The van der Waals surface area contributed by atoms with Crippen LogP contribution in [0.2, 0.25) is 0 Å². The van der Waals surface area contributed by atoms with Crippen LogP contribution >= 0.6 is 0 Å². The second-order valence-electron chi connectivity index (χ2n) is 4.27. The van der Waals surface area contributed by atoms with Crippen molar-refractivity contribution < 1.29 is 19.6 Å². The van der Waals surface area contributed by atoms with Gasteiger partial charge >= 0.3 is 5.97 Å². The van der Waals surface area contributed by atoms with E-state index < -0.39 is 16.8 Å². The minimum Gasteiger partial charge on any atom is -0.478 e. The molecule has 0 aliphatic carbocycles. The van der Waals surface area contributed by atoms with Gasteiger partial charge < -0.3 is 10.4 Å². The first-order valence-electron chi connectivity index (χ1n) is 5.71. The molecule has 0 aliphatic heterocycles. The number of hydrogen-bond donors (Lipinski definition) is 2. The minimum absolute atomic E-state index is 0.0536. The van der Waals surface area contributed by atoms with E-state index in [9.17, 15) is 19.7 Å². The molecule has 1 aromatic carbocycles. The molecule has 106 valence electrons. The summed E-state index contributed by atoms with van der Waals surface area (Å²) in [5.74, 6) is -1.72. The summed E-state index contributed by atoms with van der Waals surface area (Å²) in [4.78, 5) is 32.7. The summed E-state index contributed by atoms with van der Waals surface area (Å²) < 4.78 is 0. The number of rotatable bonds is 4. The van der Waals surface area contributed by atoms with Gasteiger partial charge in [-0.3, -0.25) is 14.9 Å². The molecule has 0 fully saturated rings. The number of carbonyl (C=O) groups excluding carboxylic acids is 1.